The van der Waals surface area contributed by atoms with Crippen LogP contribution in [-0.4, -0.2) is 31.2 Å². The van der Waals surface area contributed by atoms with Crippen LogP contribution in [0.15, 0.2) is 79.1 Å². The van der Waals surface area contributed by atoms with Crippen molar-refractivity contribution in [3.8, 4) is 28.9 Å². The minimum absolute atomic E-state index is 0.0245. The highest BCUT2D eigenvalue weighted by atomic mass is 16.5. The summed E-state index contributed by atoms with van der Waals surface area (Å²) in [5.41, 5.74) is 1.25. The molecule has 0 radical (unpaired) electrons. The van der Waals surface area contributed by atoms with Crippen LogP contribution < -0.4 is 10.1 Å². The van der Waals surface area contributed by atoms with E-state index in [-0.39, 0.29) is 17.4 Å². The second-order valence-electron chi connectivity index (χ2n) is 6.72. The van der Waals surface area contributed by atoms with Crippen LogP contribution in [0.25, 0.3) is 11.5 Å². The first kappa shape index (κ1) is 20.0. The minimum atomic E-state index is -0.486. The largest absolute Gasteiger partial charge is 0.493 e. The first-order valence-electron chi connectivity index (χ1n) is 9.58. The normalized spacial score (nSPS) is 11.5. The van der Waals surface area contributed by atoms with Crippen molar-refractivity contribution < 1.29 is 14.6 Å². The Bertz CT molecular complexity index is 1170. The first-order chi connectivity index (χ1) is 15.1. The molecule has 4 aromatic rings. The quantitative estimate of drug-likeness (QED) is 0.493. The van der Waals surface area contributed by atoms with E-state index in [1.165, 1.54) is 12.4 Å². The third kappa shape index (κ3) is 4.81. The summed E-state index contributed by atoms with van der Waals surface area (Å²) in [6.45, 7) is 1.84. The monoisotopic (exact) mass is 413 g/mol. The third-order valence-electron chi connectivity index (χ3n) is 4.52. The van der Waals surface area contributed by atoms with Crippen molar-refractivity contribution in [2.24, 2.45) is 0 Å². The number of hydrogen-bond acceptors (Lipinski definition) is 7. The highest BCUT2D eigenvalue weighted by Gasteiger charge is 2.18. The van der Waals surface area contributed by atoms with E-state index in [1.807, 2.05) is 61.5 Å². The van der Waals surface area contributed by atoms with E-state index < -0.39 is 11.8 Å². The molecule has 8 heteroatoms. The van der Waals surface area contributed by atoms with E-state index in [9.17, 15) is 9.90 Å². The molecule has 2 aromatic carbocycles. The van der Waals surface area contributed by atoms with Crippen LogP contribution in [-0.2, 0) is 0 Å². The highest BCUT2D eigenvalue weighted by molar-refractivity contribution is 5.96. The molecule has 2 N–H and O–H groups in total. The molecule has 0 unspecified atom stereocenters. The molecule has 0 spiro atoms. The van der Waals surface area contributed by atoms with Gasteiger partial charge in [-0.15, -0.1) is 5.10 Å². The summed E-state index contributed by atoms with van der Waals surface area (Å²) in [7, 11) is 0. The highest BCUT2D eigenvalue weighted by Crippen LogP contribution is 2.24. The van der Waals surface area contributed by atoms with Crippen molar-refractivity contribution in [1.29, 1.82) is 0 Å². The molecule has 8 nitrogen and oxygen atoms in total. The Labute approximate surface area is 178 Å². The topological polar surface area (TPSA) is 110 Å². The lowest BCUT2D eigenvalue weighted by molar-refractivity contribution is 0.0936. The molecule has 0 aliphatic carbocycles. The number of nitrogens with one attached hydrogen (secondary N) is 1. The maximum absolute atomic E-state index is 12.6. The Kier molecular flexibility index (Phi) is 5.79. The molecule has 2 heterocycles. The van der Waals surface area contributed by atoms with Crippen LogP contribution in [0.2, 0.25) is 0 Å². The smallest absolute Gasteiger partial charge is 0.258 e. The molecule has 0 saturated carbocycles. The molecule has 1 atom stereocenters. The number of para-hydroxylation sites is 1. The van der Waals surface area contributed by atoms with E-state index in [0.717, 1.165) is 11.3 Å². The number of nitrogens with zero attached hydrogens (tertiary/aromatic N) is 4. The first-order valence-corrected chi connectivity index (χ1v) is 9.58. The van der Waals surface area contributed by atoms with Gasteiger partial charge in [-0.3, -0.25) is 4.79 Å². The predicted octanol–water partition coefficient (Wildman–Crippen LogP) is 3.92. The molecule has 0 aliphatic rings. The zero-order valence-corrected chi connectivity index (χ0v) is 16.6. The Balaban J connectivity index is 1.42. The molecule has 0 aliphatic heterocycles. The van der Waals surface area contributed by atoms with Gasteiger partial charge in [0.25, 0.3) is 5.91 Å². The fourth-order valence-electron chi connectivity index (χ4n) is 2.88. The van der Waals surface area contributed by atoms with Crippen LogP contribution in [0.5, 0.6) is 17.4 Å². The molecule has 0 fully saturated rings. The number of ether oxygens (including phenoxy) is 1. The van der Waals surface area contributed by atoms with Crippen molar-refractivity contribution in [3.05, 3.63) is 90.3 Å². The lowest BCUT2D eigenvalue weighted by Crippen LogP contribution is -2.27. The summed E-state index contributed by atoms with van der Waals surface area (Å²) in [5.74, 6) is 0.715. The molecule has 31 heavy (non-hydrogen) atoms. The van der Waals surface area contributed by atoms with Gasteiger partial charge in [-0.2, -0.15) is 10.1 Å². The maximum atomic E-state index is 12.6. The van der Waals surface area contributed by atoms with Gasteiger partial charge in [0.15, 0.2) is 5.82 Å². The molecule has 1 amide bonds. The fourth-order valence-corrected chi connectivity index (χ4v) is 2.88. The number of carbonyl (C=O) groups is 1. The van der Waals surface area contributed by atoms with Gasteiger partial charge in [0.2, 0.25) is 5.88 Å². The SMILES string of the molecule is C[C@H](NC(=O)c1cnc(-c2cccnn2)nc1O)c1ccc(Oc2ccccc2)cc1. The number of hydrogen-bond donors (Lipinski definition) is 2. The zero-order valence-electron chi connectivity index (χ0n) is 16.6. The summed E-state index contributed by atoms with van der Waals surface area (Å²) >= 11 is 0. The molecule has 2 aromatic heterocycles. The van der Waals surface area contributed by atoms with Gasteiger partial charge in [0.1, 0.15) is 22.8 Å². The van der Waals surface area contributed by atoms with Crippen LogP contribution in [0.3, 0.4) is 0 Å². The summed E-state index contributed by atoms with van der Waals surface area (Å²) < 4.78 is 5.78. The Morgan fingerprint density at radius 3 is 2.42 bits per heavy atom. The van der Waals surface area contributed by atoms with Crippen LogP contribution in [0.4, 0.5) is 0 Å². The van der Waals surface area contributed by atoms with Crippen molar-refractivity contribution in [3.63, 3.8) is 0 Å². The standard InChI is InChI=1S/C23H19N5O3/c1-15(16-9-11-18(12-10-16)31-17-6-3-2-4-7-17)26-22(29)19-14-24-21(27-23(19)30)20-8-5-13-25-28-20/h2-15H,1H3,(H,26,29)(H,24,27,30)/t15-/m0/s1. The number of rotatable bonds is 6. The van der Waals surface area contributed by atoms with E-state index in [4.69, 9.17) is 4.74 Å². The lowest BCUT2D eigenvalue weighted by atomic mass is 10.1. The lowest BCUT2D eigenvalue weighted by Gasteiger charge is -2.15. The van der Waals surface area contributed by atoms with E-state index in [2.05, 4.69) is 25.5 Å². The van der Waals surface area contributed by atoms with Gasteiger partial charge in [-0.05, 0) is 48.9 Å². The Morgan fingerprint density at radius 2 is 1.74 bits per heavy atom. The molecule has 0 bridgehead atoms. The van der Waals surface area contributed by atoms with Gasteiger partial charge in [0, 0.05) is 12.4 Å². The molecule has 154 valence electrons. The van der Waals surface area contributed by atoms with Crippen LogP contribution in [0.1, 0.15) is 28.9 Å². The van der Waals surface area contributed by atoms with Crippen molar-refractivity contribution >= 4 is 5.91 Å². The van der Waals surface area contributed by atoms with E-state index in [1.54, 1.807) is 12.1 Å². The van der Waals surface area contributed by atoms with Crippen LogP contribution in [0, 0.1) is 0 Å². The average molecular weight is 413 g/mol. The molecule has 0 saturated heterocycles. The second-order valence-corrected chi connectivity index (χ2v) is 6.72. The number of amides is 1. The fraction of sp³-hybridized carbons (Fsp3) is 0.0870. The minimum Gasteiger partial charge on any atom is -0.493 e. The molecular weight excluding hydrogens is 394 g/mol. The van der Waals surface area contributed by atoms with Crippen LogP contribution >= 0.6 is 0 Å². The van der Waals surface area contributed by atoms with E-state index >= 15 is 0 Å². The van der Waals surface area contributed by atoms with Crippen molar-refractivity contribution in [2.75, 3.05) is 0 Å². The summed E-state index contributed by atoms with van der Waals surface area (Å²) in [5, 5.41) is 20.7. The number of aromatic hydroxyl groups is 1. The maximum Gasteiger partial charge on any atom is 0.258 e. The number of carbonyl (C=O) groups excluding carboxylic acids is 1. The Hall–Kier alpha value is -4.33. The van der Waals surface area contributed by atoms with Crippen molar-refractivity contribution in [2.45, 2.75) is 13.0 Å². The zero-order chi connectivity index (χ0) is 21.6. The van der Waals surface area contributed by atoms with Gasteiger partial charge < -0.3 is 15.2 Å². The number of benzene rings is 2. The van der Waals surface area contributed by atoms with Gasteiger partial charge in [0.05, 0.1) is 6.04 Å². The number of aromatic nitrogens is 4. The summed E-state index contributed by atoms with van der Waals surface area (Å²) in [6.07, 6.45) is 2.79. The third-order valence-corrected chi connectivity index (χ3v) is 4.52. The van der Waals surface area contributed by atoms with Gasteiger partial charge in [-0.1, -0.05) is 30.3 Å². The van der Waals surface area contributed by atoms with Gasteiger partial charge >= 0.3 is 0 Å². The van der Waals surface area contributed by atoms with Gasteiger partial charge in [-0.25, -0.2) is 4.98 Å². The van der Waals surface area contributed by atoms with E-state index in [0.29, 0.717) is 11.4 Å². The Morgan fingerprint density at radius 1 is 1.00 bits per heavy atom. The predicted molar refractivity (Wildman–Crippen MR) is 114 cm³/mol. The summed E-state index contributed by atoms with van der Waals surface area (Å²) in [6, 6.07) is 19.9. The molecule has 4 rings (SSSR count). The summed E-state index contributed by atoms with van der Waals surface area (Å²) in [4.78, 5) is 20.7. The average Bonchev–Trinajstić information content (AvgIpc) is 2.80. The molecular formula is C23H19N5O3. The van der Waals surface area contributed by atoms with Crippen molar-refractivity contribution in [1.82, 2.24) is 25.5 Å². The second kappa shape index (κ2) is 9.00.